The second kappa shape index (κ2) is 7.04. The molecule has 5 heteroatoms. The minimum absolute atomic E-state index is 0.109. The summed E-state index contributed by atoms with van der Waals surface area (Å²) in [6.45, 7) is 4.67. The number of hydrogen-bond donors (Lipinski definition) is 1. The van der Waals surface area contributed by atoms with Gasteiger partial charge in [0.15, 0.2) is 0 Å². The van der Waals surface area contributed by atoms with Crippen LogP contribution in [0.4, 0.5) is 0 Å². The van der Waals surface area contributed by atoms with Crippen LogP contribution in [0, 0.1) is 0 Å². The highest BCUT2D eigenvalue weighted by molar-refractivity contribution is 7.89. The van der Waals surface area contributed by atoms with E-state index >= 15 is 0 Å². The van der Waals surface area contributed by atoms with Gasteiger partial charge in [0, 0.05) is 12.6 Å². The summed E-state index contributed by atoms with van der Waals surface area (Å²) in [5.74, 6) is 0. The average molecular weight is 288 g/mol. The third kappa shape index (κ3) is 3.70. The van der Waals surface area contributed by atoms with Crippen LogP contribution in [0.3, 0.4) is 0 Å². The lowest BCUT2D eigenvalue weighted by Gasteiger charge is -2.37. The van der Waals surface area contributed by atoms with Crippen LogP contribution in [0.15, 0.2) is 0 Å². The van der Waals surface area contributed by atoms with Crippen LogP contribution in [-0.4, -0.2) is 43.6 Å². The summed E-state index contributed by atoms with van der Waals surface area (Å²) in [6.07, 6.45) is 7.94. The Labute approximate surface area is 118 Å². The van der Waals surface area contributed by atoms with E-state index in [0.717, 1.165) is 58.0 Å². The van der Waals surface area contributed by atoms with Gasteiger partial charge >= 0.3 is 0 Å². The highest BCUT2D eigenvalue weighted by Crippen LogP contribution is 2.28. The molecule has 0 aromatic carbocycles. The molecular formula is C14H28N2O2S. The van der Waals surface area contributed by atoms with Gasteiger partial charge in [-0.3, -0.25) is 0 Å². The van der Waals surface area contributed by atoms with Gasteiger partial charge in [0.2, 0.25) is 10.0 Å². The van der Waals surface area contributed by atoms with Crippen LogP contribution < -0.4 is 5.32 Å². The van der Waals surface area contributed by atoms with E-state index in [1.165, 1.54) is 6.42 Å². The van der Waals surface area contributed by atoms with Crippen LogP contribution in [0.1, 0.15) is 58.3 Å². The molecule has 1 saturated heterocycles. The standard InChI is InChI=1S/C14H28N2O2S/c1-2-12-16(13-8-10-15-11-9-13)19(17,18)14-6-4-3-5-7-14/h13-15H,2-12H2,1H3. The van der Waals surface area contributed by atoms with Crippen molar-refractivity contribution >= 4 is 10.0 Å². The Hall–Kier alpha value is -0.130. The van der Waals surface area contributed by atoms with Crippen LogP contribution in [0.25, 0.3) is 0 Å². The lowest BCUT2D eigenvalue weighted by atomic mass is 10.0. The molecule has 0 radical (unpaired) electrons. The van der Waals surface area contributed by atoms with Gasteiger partial charge in [0.1, 0.15) is 0 Å². The van der Waals surface area contributed by atoms with Gasteiger partial charge in [-0.2, -0.15) is 4.31 Å². The molecule has 19 heavy (non-hydrogen) atoms. The molecule has 2 rings (SSSR count). The summed E-state index contributed by atoms with van der Waals surface area (Å²) < 4.78 is 27.6. The summed E-state index contributed by atoms with van der Waals surface area (Å²) in [5.41, 5.74) is 0. The van der Waals surface area contributed by atoms with Crippen LogP contribution >= 0.6 is 0 Å². The van der Waals surface area contributed by atoms with E-state index in [4.69, 9.17) is 0 Å². The van der Waals surface area contributed by atoms with E-state index in [-0.39, 0.29) is 11.3 Å². The Balaban J connectivity index is 2.11. The van der Waals surface area contributed by atoms with Gasteiger partial charge in [0.25, 0.3) is 0 Å². The number of nitrogens with zero attached hydrogens (tertiary/aromatic N) is 1. The maximum atomic E-state index is 12.9. The third-order valence-corrected chi connectivity index (χ3v) is 6.91. The minimum Gasteiger partial charge on any atom is -0.317 e. The lowest BCUT2D eigenvalue weighted by Crippen LogP contribution is -2.49. The van der Waals surface area contributed by atoms with E-state index < -0.39 is 10.0 Å². The highest BCUT2D eigenvalue weighted by atomic mass is 32.2. The Kier molecular flexibility index (Phi) is 5.66. The molecule has 0 aromatic heterocycles. The first-order valence-corrected chi connectivity index (χ1v) is 9.38. The summed E-state index contributed by atoms with van der Waals surface area (Å²) in [7, 11) is -3.08. The van der Waals surface area contributed by atoms with Gasteiger partial charge in [-0.25, -0.2) is 8.42 Å². The molecule has 1 N–H and O–H groups in total. The molecule has 2 aliphatic rings. The zero-order valence-corrected chi connectivity index (χ0v) is 12.9. The predicted molar refractivity (Wildman–Crippen MR) is 78.7 cm³/mol. The summed E-state index contributed by atoms with van der Waals surface area (Å²) >= 11 is 0. The SMILES string of the molecule is CCCN(C1CCNCC1)S(=O)(=O)C1CCCCC1. The lowest BCUT2D eigenvalue weighted by molar-refractivity contribution is 0.257. The van der Waals surface area contributed by atoms with E-state index in [2.05, 4.69) is 12.2 Å². The molecule has 1 heterocycles. The average Bonchev–Trinajstić information content (AvgIpc) is 2.46. The predicted octanol–water partition coefficient (Wildman–Crippen LogP) is 2.11. The summed E-state index contributed by atoms with van der Waals surface area (Å²) in [4.78, 5) is 0. The molecule has 112 valence electrons. The smallest absolute Gasteiger partial charge is 0.217 e. The second-order valence-corrected chi connectivity index (χ2v) is 8.06. The molecule has 0 atom stereocenters. The summed E-state index contributed by atoms with van der Waals surface area (Å²) in [5, 5.41) is 3.21. The normalized spacial score (nSPS) is 23.9. The van der Waals surface area contributed by atoms with Gasteiger partial charge in [-0.05, 0) is 45.2 Å². The van der Waals surface area contributed by atoms with Crippen molar-refractivity contribution in [2.75, 3.05) is 19.6 Å². The molecule has 0 spiro atoms. The Morgan fingerprint density at radius 3 is 2.26 bits per heavy atom. The van der Waals surface area contributed by atoms with Gasteiger partial charge in [-0.15, -0.1) is 0 Å². The molecule has 0 unspecified atom stereocenters. The van der Waals surface area contributed by atoms with E-state index in [0.29, 0.717) is 6.54 Å². The Morgan fingerprint density at radius 2 is 1.68 bits per heavy atom. The molecule has 0 bridgehead atoms. The molecule has 2 fully saturated rings. The fourth-order valence-corrected chi connectivity index (χ4v) is 5.76. The Morgan fingerprint density at radius 1 is 1.05 bits per heavy atom. The van der Waals surface area contributed by atoms with Crippen molar-refractivity contribution in [2.45, 2.75) is 69.6 Å². The quantitative estimate of drug-likeness (QED) is 0.843. The molecule has 0 amide bonds. The third-order valence-electron chi connectivity index (χ3n) is 4.46. The minimum atomic E-state index is -3.08. The molecule has 0 aromatic rings. The number of sulfonamides is 1. The maximum Gasteiger partial charge on any atom is 0.217 e. The fraction of sp³-hybridized carbons (Fsp3) is 1.00. The number of piperidine rings is 1. The van der Waals surface area contributed by atoms with Crippen LogP contribution in [0.5, 0.6) is 0 Å². The molecule has 1 aliphatic carbocycles. The summed E-state index contributed by atoms with van der Waals surface area (Å²) in [6, 6.07) is 0.230. The first-order chi connectivity index (χ1) is 9.16. The van der Waals surface area contributed by atoms with Crippen LogP contribution in [0.2, 0.25) is 0 Å². The molecule has 4 nitrogen and oxygen atoms in total. The first kappa shape index (κ1) is 15.3. The zero-order valence-electron chi connectivity index (χ0n) is 12.1. The molecule has 1 saturated carbocycles. The van der Waals surface area contributed by atoms with E-state index in [1.807, 2.05) is 4.31 Å². The highest BCUT2D eigenvalue weighted by Gasteiger charge is 2.36. The number of nitrogens with one attached hydrogen (secondary N) is 1. The van der Waals surface area contributed by atoms with Crippen molar-refractivity contribution < 1.29 is 8.42 Å². The van der Waals surface area contributed by atoms with Gasteiger partial charge in [0.05, 0.1) is 5.25 Å². The molecular weight excluding hydrogens is 260 g/mol. The largest absolute Gasteiger partial charge is 0.317 e. The first-order valence-electron chi connectivity index (χ1n) is 7.87. The molecule has 1 aliphatic heterocycles. The monoisotopic (exact) mass is 288 g/mol. The van der Waals surface area contributed by atoms with Crippen molar-refractivity contribution in [2.24, 2.45) is 0 Å². The van der Waals surface area contributed by atoms with Crippen molar-refractivity contribution in [1.29, 1.82) is 0 Å². The fourth-order valence-electron chi connectivity index (χ4n) is 3.39. The van der Waals surface area contributed by atoms with E-state index in [1.54, 1.807) is 0 Å². The van der Waals surface area contributed by atoms with Crippen molar-refractivity contribution in [3.05, 3.63) is 0 Å². The topological polar surface area (TPSA) is 49.4 Å². The zero-order chi connectivity index (χ0) is 13.7. The van der Waals surface area contributed by atoms with Gasteiger partial charge in [-0.1, -0.05) is 26.2 Å². The van der Waals surface area contributed by atoms with Crippen LogP contribution in [-0.2, 0) is 10.0 Å². The second-order valence-electron chi connectivity index (χ2n) is 5.90. The van der Waals surface area contributed by atoms with Crippen molar-refractivity contribution in [1.82, 2.24) is 9.62 Å². The van der Waals surface area contributed by atoms with E-state index in [9.17, 15) is 8.42 Å². The number of rotatable bonds is 5. The van der Waals surface area contributed by atoms with Crippen molar-refractivity contribution in [3.63, 3.8) is 0 Å². The Bertz CT molecular complexity index is 358. The van der Waals surface area contributed by atoms with Gasteiger partial charge < -0.3 is 5.32 Å². The maximum absolute atomic E-state index is 12.9. The van der Waals surface area contributed by atoms with Crippen molar-refractivity contribution in [3.8, 4) is 0 Å². The number of hydrogen-bond acceptors (Lipinski definition) is 3.